The van der Waals surface area contributed by atoms with Crippen LogP contribution < -0.4 is 0 Å². The maximum Gasteiger partial charge on any atom is 0.152 e. The average molecular weight is 245 g/mol. The first-order valence-electron chi connectivity index (χ1n) is 5.70. The Hall–Kier alpha value is -0.600. The molecule has 0 saturated heterocycles. The van der Waals surface area contributed by atoms with Crippen molar-refractivity contribution in [2.45, 2.75) is 38.4 Å². The average Bonchev–Trinajstić information content (AvgIpc) is 2.72. The highest BCUT2D eigenvalue weighted by atomic mass is 32.2. The summed E-state index contributed by atoms with van der Waals surface area (Å²) in [4.78, 5) is 0. The topological polar surface area (TPSA) is 67.2 Å². The minimum Gasteiger partial charge on any atom is -0.380 e. The summed E-state index contributed by atoms with van der Waals surface area (Å²) in [6, 6.07) is 2.25. The molecular formula is C11H19NO3S. The van der Waals surface area contributed by atoms with Gasteiger partial charge < -0.3 is 4.74 Å². The van der Waals surface area contributed by atoms with Crippen LogP contribution in [0.3, 0.4) is 0 Å². The van der Waals surface area contributed by atoms with Gasteiger partial charge in [-0.05, 0) is 26.2 Å². The van der Waals surface area contributed by atoms with E-state index in [4.69, 9.17) is 4.74 Å². The van der Waals surface area contributed by atoms with Crippen molar-refractivity contribution in [2.24, 2.45) is 5.41 Å². The fourth-order valence-corrected chi connectivity index (χ4v) is 3.70. The monoisotopic (exact) mass is 245 g/mol. The molecule has 0 unspecified atom stereocenters. The highest BCUT2D eigenvalue weighted by Crippen LogP contribution is 2.41. The van der Waals surface area contributed by atoms with Crippen molar-refractivity contribution in [3.63, 3.8) is 0 Å². The molecular weight excluding hydrogens is 226 g/mol. The second kappa shape index (κ2) is 5.15. The summed E-state index contributed by atoms with van der Waals surface area (Å²) in [5.41, 5.74) is -0.580. The van der Waals surface area contributed by atoms with E-state index < -0.39 is 15.3 Å². The maximum absolute atomic E-state index is 11.7. The van der Waals surface area contributed by atoms with Crippen LogP contribution in [-0.2, 0) is 14.6 Å². The maximum atomic E-state index is 11.7. The third-order valence-electron chi connectivity index (χ3n) is 3.29. The van der Waals surface area contributed by atoms with E-state index in [1.165, 1.54) is 0 Å². The Morgan fingerprint density at radius 2 is 2.19 bits per heavy atom. The molecule has 92 valence electrons. The summed E-state index contributed by atoms with van der Waals surface area (Å²) < 4.78 is 28.7. The number of hydrogen-bond acceptors (Lipinski definition) is 4. The van der Waals surface area contributed by atoms with Crippen LogP contribution in [0.2, 0.25) is 0 Å². The minimum atomic E-state index is -3.01. The van der Waals surface area contributed by atoms with Crippen LogP contribution in [0.15, 0.2) is 0 Å². The van der Waals surface area contributed by atoms with Crippen LogP contribution in [-0.4, -0.2) is 32.6 Å². The van der Waals surface area contributed by atoms with Crippen LogP contribution in [0.4, 0.5) is 0 Å². The lowest BCUT2D eigenvalue weighted by Gasteiger charge is -2.20. The van der Waals surface area contributed by atoms with Crippen molar-refractivity contribution in [2.75, 3.05) is 19.0 Å². The van der Waals surface area contributed by atoms with Gasteiger partial charge in [0.2, 0.25) is 0 Å². The normalized spacial score (nSPS) is 30.2. The molecule has 0 aromatic heterocycles. The molecule has 1 rings (SSSR count). The van der Waals surface area contributed by atoms with Crippen molar-refractivity contribution >= 4 is 9.84 Å². The second-order valence-corrected chi connectivity index (χ2v) is 6.92. The fraction of sp³-hybridized carbons (Fsp3) is 0.909. The van der Waals surface area contributed by atoms with Crippen LogP contribution >= 0.6 is 0 Å². The van der Waals surface area contributed by atoms with Crippen molar-refractivity contribution < 1.29 is 13.2 Å². The molecule has 0 amide bonds. The fourth-order valence-electron chi connectivity index (χ4n) is 2.18. The first kappa shape index (κ1) is 13.5. The zero-order valence-electron chi connectivity index (χ0n) is 9.90. The highest BCUT2D eigenvalue weighted by molar-refractivity contribution is 7.92. The third-order valence-corrected chi connectivity index (χ3v) is 5.52. The van der Waals surface area contributed by atoms with Crippen LogP contribution in [0.1, 0.15) is 33.1 Å². The van der Waals surface area contributed by atoms with Gasteiger partial charge in [-0.1, -0.05) is 6.92 Å². The summed E-state index contributed by atoms with van der Waals surface area (Å²) in [6.45, 7) is 4.45. The van der Waals surface area contributed by atoms with E-state index >= 15 is 0 Å². The largest absolute Gasteiger partial charge is 0.380 e. The molecule has 5 heteroatoms. The van der Waals surface area contributed by atoms with E-state index in [-0.39, 0.29) is 11.0 Å². The molecule has 16 heavy (non-hydrogen) atoms. The number of rotatable bonds is 5. The molecule has 2 atom stereocenters. The third kappa shape index (κ3) is 2.74. The van der Waals surface area contributed by atoms with Crippen LogP contribution in [0.5, 0.6) is 0 Å². The van der Waals surface area contributed by atoms with Gasteiger partial charge in [0.25, 0.3) is 0 Å². The second-order valence-electron chi connectivity index (χ2n) is 4.35. The van der Waals surface area contributed by atoms with Gasteiger partial charge in [-0.25, -0.2) is 8.42 Å². The van der Waals surface area contributed by atoms with E-state index in [9.17, 15) is 13.7 Å². The standard InChI is InChI=1S/C11H19NO3S/c1-3-15-9-11(8-12)6-5-10(7-11)16(13,14)4-2/h10H,3-7,9H2,1-2H3/t10-,11+/m0/s1. The molecule has 0 aromatic carbocycles. The van der Waals surface area contributed by atoms with E-state index in [1.54, 1.807) is 6.92 Å². The Labute approximate surface area is 97.5 Å². The Kier molecular flexibility index (Phi) is 4.34. The lowest BCUT2D eigenvalue weighted by atomic mass is 9.89. The van der Waals surface area contributed by atoms with Crippen molar-refractivity contribution in [1.82, 2.24) is 0 Å². The predicted molar refractivity (Wildman–Crippen MR) is 61.6 cm³/mol. The van der Waals surface area contributed by atoms with Crippen molar-refractivity contribution in [3.05, 3.63) is 0 Å². The van der Waals surface area contributed by atoms with Gasteiger partial charge in [-0.2, -0.15) is 5.26 Å². The predicted octanol–water partition coefficient (Wildman–Crippen LogP) is 1.52. The summed E-state index contributed by atoms with van der Waals surface area (Å²) in [7, 11) is -3.01. The molecule has 0 heterocycles. The number of ether oxygens (including phenoxy) is 1. The molecule has 0 bridgehead atoms. The van der Waals surface area contributed by atoms with Gasteiger partial charge in [0, 0.05) is 12.4 Å². The van der Waals surface area contributed by atoms with Gasteiger partial charge in [-0.15, -0.1) is 0 Å². The first-order valence-corrected chi connectivity index (χ1v) is 7.42. The molecule has 4 nitrogen and oxygen atoms in total. The quantitative estimate of drug-likeness (QED) is 0.736. The minimum absolute atomic E-state index is 0.161. The summed E-state index contributed by atoms with van der Waals surface area (Å²) in [5.74, 6) is 0.161. The summed E-state index contributed by atoms with van der Waals surface area (Å²) in [5, 5.41) is 8.83. The molecule has 0 N–H and O–H groups in total. The molecule has 0 aliphatic heterocycles. The lowest BCUT2D eigenvalue weighted by molar-refractivity contribution is 0.0835. The van der Waals surface area contributed by atoms with E-state index in [0.29, 0.717) is 32.5 Å². The summed E-state index contributed by atoms with van der Waals surface area (Å²) in [6.07, 6.45) is 1.66. The number of sulfone groups is 1. The first-order chi connectivity index (χ1) is 7.49. The molecule has 1 aliphatic rings. The highest BCUT2D eigenvalue weighted by Gasteiger charge is 2.44. The molecule has 1 saturated carbocycles. The lowest BCUT2D eigenvalue weighted by Crippen LogP contribution is -2.26. The van der Waals surface area contributed by atoms with E-state index in [1.807, 2.05) is 6.92 Å². The zero-order valence-corrected chi connectivity index (χ0v) is 10.7. The Morgan fingerprint density at radius 3 is 2.69 bits per heavy atom. The molecule has 1 aliphatic carbocycles. The Balaban J connectivity index is 2.73. The Morgan fingerprint density at radius 1 is 1.50 bits per heavy atom. The van der Waals surface area contributed by atoms with E-state index in [2.05, 4.69) is 6.07 Å². The van der Waals surface area contributed by atoms with Gasteiger partial charge in [0.05, 0.1) is 23.3 Å². The van der Waals surface area contributed by atoms with Gasteiger partial charge in [0.15, 0.2) is 9.84 Å². The summed E-state index contributed by atoms with van der Waals surface area (Å²) >= 11 is 0. The molecule has 0 spiro atoms. The molecule has 0 aromatic rings. The molecule has 0 radical (unpaired) electrons. The van der Waals surface area contributed by atoms with Gasteiger partial charge in [-0.3, -0.25) is 0 Å². The van der Waals surface area contributed by atoms with Crippen LogP contribution in [0, 0.1) is 16.7 Å². The van der Waals surface area contributed by atoms with Crippen molar-refractivity contribution in [3.8, 4) is 6.07 Å². The zero-order chi connectivity index (χ0) is 12.2. The number of nitrogens with zero attached hydrogens (tertiary/aromatic N) is 1. The molecule has 1 fully saturated rings. The van der Waals surface area contributed by atoms with Crippen molar-refractivity contribution in [1.29, 1.82) is 5.26 Å². The van der Waals surface area contributed by atoms with Gasteiger partial charge >= 0.3 is 0 Å². The Bertz CT molecular complexity index is 371. The van der Waals surface area contributed by atoms with Crippen LogP contribution in [0.25, 0.3) is 0 Å². The van der Waals surface area contributed by atoms with Gasteiger partial charge in [0.1, 0.15) is 0 Å². The van der Waals surface area contributed by atoms with E-state index in [0.717, 1.165) is 0 Å². The SMILES string of the molecule is CCOC[C@]1(C#N)CC[C@H](S(=O)(=O)CC)C1. The number of nitriles is 1. The number of hydrogen-bond donors (Lipinski definition) is 0. The smallest absolute Gasteiger partial charge is 0.152 e.